The van der Waals surface area contributed by atoms with Crippen molar-refractivity contribution in [1.82, 2.24) is 15.1 Å². The molecule has 3 rings (SSSR count). The van der Waals surface area contributed by atoms with Gasteiger partial charge in [-0.3, -0.25) is 4.79 Å². The number of carbonyl (C=O) groups excluding carboxylic acids is 1. The van der Waals surface area contributed by atoms with Crippen LogP contribution in [0.25, 0.3) is 0 Å². The summed E-state index contributed by atoms with van der Waals surface area (Å²) < 4.78 is 1.90. The number of aromatic nitrogens is 2. The van der Waals surface area contributed by atoms with Crippen molar-refractivity contribution in [2.75, 3.05) is 5.32 Å². The van der Waals surface area contributed by atoms with Crippen LogP contribution in [0.3, 0.4) is 0 Å². The van der Waals surface area contributed by atoms with Gasteiger partial charge in [-0.05, 0) is 38.0 Å². The molecule has 2 atom stereocenters. The molecule has 0 aromatic carbocycles. The van der Waals surface area contributed by atoms with E-state index >= 15 is 0 Å². The standard InChI is InChI=1S/C16H26N4O/c1-2-3-8-20-15(6-7-17-20)19-16(21)11-12-9-13-4-5-14(10-12)18-13/h6-7,12-14,18H,2-5,8-11H2,1H3,(H,19,21). The van der Waals surface area contributed by atoms with Gasteiger partial charge in [-0.2, -0.15) is 5.10 Å². The van der Waals surface area contributed by atoms with Crippen LogP contribution in [0.4, 0.5) is 5.82 Å². The molecule has 5 nitrogen and oxygen atoms in total. The van der Waals surface area contributed by atoms with Gasteiger partial charge in [0.05, 0.1) is 6.20 Å². The van der Waals surface area contributed by atoms with Crippen LogP contribution in [0.15, 0.2) is 12.3 Å². The van der Waals surface area contributed by atoms with Gasteiger partial charge in [0.15, 0.2) is 0 Å². The molecule has 2 bridgehead atoms. The minimum absolute atomic E-state index is 0.138. The summed E-state index contributed by atoms with van der Waals surface area (Å²) in [5.74, 6) is 1.51. The molecule has 1 amide bonds. The van der Waals surface area contributed by atoms with Crippen molar-refractivity contribution in [3.05, 3.63) is 12.3 Å². The summed E-state index contributed by atoms with van der Waals surface area (Å²) in [6.45, 7) is 3.03. The lowest BCUT2D eigenvalue weighted by molar-refractivity contribution is -0.117. The predicted octanol–water partition coefficient (Wildman–Crippen LogP) is 2.54. The Hall–Kier alpha value is -1.36. The minimum Gasteiger partial charge on any atom is -0.311 e. The molecule has 2 aliphatic rings. The van der Waals surface area contributed by atoms with Crippen molar-refractivity contribution in [1.29, 1.82) is 0 Å². The smallest absolute Gasteiger partial charge is 0.225 e. The van der Waals surface area contributed by atoms with Gasteiger partial charge in [0.1, 0.15) is 5.82 Å². The summed E-state index contributed by atoms with van der Waals surface area (Å²) >= 11 is 0. The summed E-state index contributed by atoms with van der Waals surface area (Å²) in [4.78, 5) is 12.3. The third kappa shape index (κ3) is 3.64. The van der Waals surface area contributed by atoms with E-state index < -0.39 is 0 Å². The number of anilines is 1. The van der Waals surface area contributed by atoms with Gasteiger partial charge in [0.2, 0.25) is 5.91 Å². The van der Waals surface area contributed by atoms with Crippen LogP contribution in [-0.2, 0) is 11.3 Å². The first kappa shape index (κ1) is 14.6. The van der Waals surface area contributed by atoms with Crippen LogP contribution in [0.2, 0.25) is 0 Å². The van der Waals surface area contributed by atoms with E-state index in [9.17, 15) is 4.79 Å². The number of hydrogen-bond donors (Lipinski definition) is 2. The number of aryl methyl sites for hydroxylation is 1. The number of carbonyl (C=O) groups is 1. The molecule has 0 aliphatic carbocycles. The third-order valence-electron chi connectivity index (χ3n) is 4.75. The van der Waals surface area contributed by atoms with Gasteiger partial charge in [-0.15, -0.1) is 0 Å². The fraction of sp³-hybridized carbons (Fsp3) is 0.750. The zero-order chi connectivity index (χ0) is 14.7. The molecule has 2 fully saturated rings. The Kier molecular flexibility index (Phi) is 4.58. The summed E-state index contributed by atoms with van der Waals surface area (Å²) in [5.41, 5.74) is 0. The second-order valence-electron chi connectivity index (χ2n) is 6.52. The zero-order valence-electron chi connectivity index (χ0n) is 12.8. The molecular formula is C16H26N4O. The SMILES string of the molecule is CCCCn1nccc1NC(=O)CC1CC2CCC(C1)N2. The first-order valence-corrected chi connectivity index (χ1v) is 8.32. The lowest BCUT2D eigenvalue weighted by atomic mass is 9.89. The molecule has 0 radical (unpaired) electrons. The fourth-order valence-corrected chi connectivity index (χ4v) is 3.72. The first-order chi connectivity index (χ1) is 10.2. The third-order valence-corrected chi connectivity index (χ3v) is 4.75. The number of nitrogens with one attached hydrogen (secondary N) is 2. The van der Waals surface area contributed by atoms with E-state index in [0.717, 1.165) is 38.0 Å². The average molecular weight is 290 g/mol. The van der Waals surface area contributed by atoms with Crippen LogP contribution < -0.4 is 10.6 Å². The van der Waals surface area contributed by atoms with E-state index in [4.69, 9.17) is 0 Å². The first-order valence-electron chi connectivity index (χ1n) is 8.32. The number of piperidine rings is 1. The topological polar surface area (TPSA) is 59.0 Å². The molecule has 2 aliphatic heterocycles. The lowest BCUT2D eigenvalue weighted by Crippen LogP contribution is -2.39. The largest absolute Gasteiger partial charge is 0.311 e. The molecule has 2 N–H and O–H groups in total. The number of amides is 1. The minimum atomic E-state index is 0.138. The van der Waals surface area contributed by atoms with Gasteiger partial charge in [-0.1, -0.05) is 13.3 Å². The fourth-order valence-electron chi connectivity index (χ4n) is 3.72. The maximum Gasteiger partial charge on any atom is 0.225 e. The van der Waals surface area contributed by atoms with E-state index in [-0.39, 0.29) is 5.91 Å². The Morgan fingerprint density at radius 3 is 2.90 bits per heavy atom. The van der Waals surface area contributed by atoms with Crippen molar-refractivity contribution in [3.63, 3.8) is 0 Å². The molecular weight excluding hydrogens is 264 g/mol. The van der Waals surface area contributed by atoms with Crippen LogP contribution in [0.5, 0.6) is 0 Å². The average Bonchev–Trinajstić information content (AvgIpc) is 3.03. The normalized spacial score (nSPS) is 27.8. The highest BCUT2D eigenvalue weighted by Crippen LogP contribution is 2.32. The van der Waals surface area contributed by atoms with Gasteiger partial charge in [-0.25, -0.2) is 4.68 Å². The number of rotatable bonds is 6. The van der Waals surface area contributed by atoms with Crippen molar-refractivity contribution in [2.24, 2.45) is 5.92 Å². The van der Waals surface area contributed by atoms with Crippen LogP contribution in [0.1, 0.15) is 51.9 Å². The summed E-state index contributed by atoms with van der Waals surface area (Å²) in [6.07, 6.45) is 9.49. The van der Waals surface area contributed by atoms with Crippen molar-refractivity contribution in [3.8, 4) is 0 Å². The van der Waals surface area contributed by atoms with Crippen molar-refractivity contribution in [2.45, 2.75) is 70.5 Å². The van der Waals surface area contributed by atoms with E-state index in [1.165, 1.54) is 12.8 Å². The molecule has 3 heterocycles. The molecule has 1 aromatic heterocycles. The maximum atomic E-state index is 12.3. The summed E-state index contributed by atoms with van der Waals surface area (Å²) in [5, 5.41) is 10.9. The molecule has 5 heteroatoms. The quantitative estimate of drug-likeness (QED) is 0.846. The lowest BCUT2D eigenvalue weighted by Gasteiger charge is -2.28. The van der Waals surface area contributed by atoms with Crippen LogP contribution in [-0.4, -0.2) is 27.8 Å². The molecule has 1 aromatic rings. The number of nitrogens with zero attached hydrogens (tertiary/aromatic N) is 2. The molecule has 2 unspecified atom stereocenters. The van der Waals surface area contributed by atoms with E-state index in [2.05, 4.69) is 22.7 Å². The monoisotopic (exact) mass is 290 g/mol. The van der Waals surface area contributed by atoms with Crippen LogP contribution >= 0.6 is 0 Å². The highest BCUT2D eigenvalue weighted by Gasteiger charge is 2.34. The molecule has 21 heavy (non-hydrogen) atoms. The number of unbranched alkanes of at least 4 members (excludes halogenated alkanes) is 1. The Morgan fingerprint density at radius 2 is 2.19 bits per heavy atom. The predicted molar refractivity (Wildman–Crippen MR) is 83.1 cm³/mol. The maximum absolute atomic E-state index is 12.3. The Balaban J connectivity index is 1.51. The van der Waals surface area contributed by atoms with E-state index in [0.29, 0.717) is 24.4 Å². The van der Waals surface area contributed by atoms with Gasteiger partial charge in [0.25, 0.3) is 0 Å². The van der Waals surface area contributed by atoms with E-state index in [1.807, 2.05) is 10.7 Å². The second-order valence-corrected chi connectivity index (χ2v) is 6.52. The Morgan fingerprint density at radius 1 is 1.43 bits per heavy atom. The number of fused-ring (bicyclic) bond motifs is 2. The van der Waals surface area contributed by atoms with Gasteiger partial charge in [0, 0.05) is 31.1 Å². The van der Waals surface area contributed by atoms with Crippen molar-refractivity contribution >= 4 is 11.7 Å². The Labute approximate surface area is 126 Å². The highest BCUT2D eigenvalue weighted by molar-refractivity contribution is 5.90. The second kappa shape index (κ2) is 6.60. The molecule has 116 valence electrons. The zero-order valence-corrected chi connectivity index (χ0v) is 12.8. The molecule has 0 saturated carbocycles. The highest BCUT2D eigenvalue weighted by atomic mass is 16.1. The van der Waals surface area contributed by atoms with Gasteiger partial charge >= 0.3 is 0 Å². The molecule has 2 saturated heterocycles. The molecule has 0 spiro atoms. The summed E-state index contributed by atoms with van der Waals surface area (Å²) in [7, 11) is 0. The van der Waals surface area contributed by atoms with Crippen LogP contribution in [0, 0.1) is 5.92 Å². The van der Waals surface area contributed by atoms with Crippen molar-refractivity contribution < 1.29 is 4.79 Å². The number of hydrogen-bond acceptors (Lipinski definition) is 3. The van der Waals surface area contributed by atoms with E-state index in [1.54, 1.807) is 6.20 Å². The Bertz CT molecular complexity index is 472. The summed E-state index contributed by atoms with van der Waals surface area (Å²) in [6, 6.07) is 3.19. The van der Waals surface area contributed by atoms with Gasteiger partial charge < -0.3 is 10.6 Å².